The molecule has 1 N–H and O–H groups in total. The van der Waals surface area contributed by atoms with Gasteiger partial charge in [0.1, 0.15) is 0 Å². The summed E-state index contributed by atoms with van der Waals surface area (Å²) in [5.74, 6) is 0. The number of rotatable bonds is 3. The van der Waals surface area contributed by atoms with E-state index in [9.17, 15) is 0 Å². The average molecular weight is 384 g/mol. The molecule has 4 aromatic rings. The summed E-state index contributed by atoms with van der Waals surface area (Å²) < 4.78 is 2.23. The van der Waals surface area contributed by atoms with Crippen LogP contribution in [0.4, 0.5) is 0 Å². The SMILES string of the molecule is Cc1cc(CN2CCC3(CCn4nc(-c5cnc6ccccc6c5)cc43)C2)n[nH]1. The fourth-order valence-electron chi connectivity index (χ4n) is 5.11. The summed E-state index contributed by atoms with van der Waals surface area (Å²) in [7, 11) is 0. The molecule has 6 rings (SSSR count). The van der Waals surface area contributed by atoms with Crippen molar-refractivity contribution in [2.75, 3.05) is 13.1 Å². The number of nitrogens with zero attached hydrogens (tertiary/aromatic N) is 5. The Balaban J connectivity index is 1.28. The fraction of sp³-hybridized carbons (Fsp3) is 0.348. The summed E-state index contributed by atoms with van der Waals surface area (Å²) in [6, 6.07) is 14.9. The smallest absolute Gasteiger partial charge is 0.0941 e. The second-order valence-corrected chi connectivity index (χ2v) is 8.59. The molecule has 3 aromatic heterocycles. The zero-order chi connectivity index (χ0) is 19.4. The summed E-state index contributed by atoms with van der Waals surface area (Å²) in [4.78, 5) is 7.16. The number of H-pyrrole nitrogens is 1. The van der Waals surface area contributed by atoms with Crippen molar-refractivity contribution >= 4 is 10.9 Å². The summed E-state index contributed by atoms with van der Waals surface area (Å²) in [5, 5.41) is 13.6. The molecule has 6 heteroatoms. The zero-order valence-corrected chi connectivity index (χ0v) is 16.6. The second kappa shape index (κ2) is 6.26. The number of aryl methyl sites for hydroxylation is 2. The Morgan fingerprint density at radius 1 is 1.10 bits per heavy atom. The molecule has 29 heavy (non-hydrogen) atoms. The molecule has 146 valence electrons. The lowest BCUT2D eigenvalue weighted by molar-refractivity contribution is 0.298. The van der Waals surface area contributed by atoms with Gasteiger partial charge in [0.25, 0.3) is 0 Å². The van der Waals surface area contributed by atoms with Crippen molar-refractivity contribution in [1.29, 1.82) is 0 Å². The number of nitrogens with one attached hydrogen (secondary N) is 1. The monoisotopic (exact) mass is 384 g/mol. The van der Waals surface area contributed by atoms with E-state index < -0.39 is 0 Å². The number of fused-ring (bicyclic) bond motifs is 3. The van der Waals surface area contributed by atoms with Crippen LogP contribution in [-0.4, -0.2) is 43.0 Å². The predicted octanol–water partition coefficient (Wildman–Crippen LogP) is 3.68. The lowest BCUT2D eigenvalue weighted by Crippen LogP contribution is -2.29. The molecular weight excluding hydrogens is 360 g/mol. The molecule has 2 aliphatic rings. The van der Waals surface area contributed by atoms with Crippen LogP contribution in [0.3, 0.4) is 0 Å². The molecule has 1 unspecified atom stereocenters. The number of aromatic amines is 1. The first-order valence-corrected chi connectivity index (χ1v) is 10.4. The summed E-state index contributed by atoms with van der Waals surface area (Å²) in [6.07, 6.45) is 4.33. The highest BCUT2D eigenvalue weighted by molar-refractivity contribution is 5.82. The Morgan fingerprint density at radius 2 is 2.00 bits per heavy atom. The van der Waals surface area contributed by atoms with Crippen molar-refractivity contribution in [3.05, 3.63) is 65.7 Å². The topological polar surface area (TPSA) is 62.6 Å². The summed E-state index contributed by atoms with van der Waals surface area (Å²) in [5.41, 5.74) is 7.04. The van der Waals surface area contributed by atoms with Crippen LogP contribution in [0.1, 0.15) is 29.9 Å². The van der Waals surface area contributed by atoms with E-state index in [2.05, 4.69) is 68.1 Å². The van der Waals surface area contributed by atoms with E-state index in [1.807, 2.05) is 12.3 Å². The third kappa shape index (κ3) is 2.78. The predicted molar refractivity (Wildman–Crippen MR) is 112 cm³/mol. The number of hydrogen-bond acceptors (Lipinski definition) is 4. The fourth-order valence-corrected chi connectivity index (χ4v) is 5.11. The first kappa shape index (κ1) is 16.9. The molecule has 0 radical (unpaired) electrons. The molecule has 2 aliphatic heterocycles. The quantitative estimate of drug-likeness (QED) is 0.585. The van der Waals surface area contributed by atoms with Crippen molar-refractivity contribution in [3.63, 3.8) is 0 Å². The van der Waals surface area contributed by atoms with E-state index in [1.54, 1.807) is 0 Å². The molecule has 0 saturated carbocycles. The number of likely N-dealkylation sites (tertiary alicyclic amines) is 1. The Hall–Kier alpha value is -2.99. The minimum atomic E-state index is 0.223. The maximum absolute atomic E-state index is 4.94. The number of benzene rings is 1. The molecule has 1 saturated heterocycles. The third-order valence-corrected chi connectivity index (χ3v) is 6.59. The van der Waals surface area contributed by atoms with Crippen molar-refractivity contribution in [2.45, 2.75) is 38.3 Å². The van der Waals surface area contributed by atoms with Crippen molar-refractivity contribution < 1.29 is 0 Å². The van der Waals surface area contributed by atoms with E-state index >= 15 is 0 Å². The van der Waals surface area contributed by atoms with Crippen molar-refractivity contribution in [2.24, 2.45) is 0 Å². The van der Waals surface area contributed by atoms with Gasteiger partial charge in [-0.15, -0.1) is 0 Å². The molecule has 1 atom stereocenters. The third-order valence-electron chi connectivity index (χ3n) is 6.59. The first-order valence-electron chi connectivity index (χ1n) is 10.4. The minimum absolute atomic E-state index is 0.223. The van der Waals surface area contributed by atoms with Gasteiger partial charge < -0.3 is 0 Å². The summed E-state index contributed by atoms with van der Waals surface area (Å²) >= 11 is 0. The molecule has 1 fully saturated rings. The Bertz CT molecular complexity index is 1210. The van der Waals surface area contributed by atoms with Gasteiger partial charge in [-0.25, -0.2) is 0 Å². The summed E-state index contributed by atoms with van der Waals surface area (Å²) in [6.45, 7) is 6.18. The van der Waals surface area contributed by atoms with Gasteiger partial charge in [0.05, 0.1) is 16.9 Å². The van der Waals surface area contributed by atoms with Crippen LogP contribution < -0.4 is 0 Å². The maximum Gasteiger partial charge on any atom is 0.0941 e. The van der Waals surface area contributed by atoms with E-state index in [4.69, 9.17) is 5.10 Å². The molecule has 0 bridgehead atoms. The van der Waals surface area contributed by atoms with Gasteiger partial charge in [-0.3, -0.25) is 19.7 Å². The van der Waals surface area contributed by atoms with Crippen LogP contribution in [0.5, 0.6) is 0 Å². The van der Waals surface area contributed by atoms with Crippen LogP contribution in [0.2, 0.25) is 0 Å². The molecule has 5 heterocycles. The highest BCUT2D eigenvalue weighted by Gasteiger charge is 2.45. The van der Waals surface area contributed by atoms with Crippen LogP contribution in [0, 0.1) is 6.92 Å². The Labute approximate surface area is 169 Å². The average Bonchev–Trinajstić information content (AvgIpc) is 3.50. The molecule has 6 nitrogen and oxygen atoms in total. The second-order valence-electron chi connectivity index (χ2n) is 8.59. The lowest BCUT2D eigenvalue weighted by atomic mass is 9.82. The van der Waals surface area contributed by atoms with Gasteiger partial charge in [0.2, 0.25) is 0 Å². The number of aromatic nitrogens is 5. The van der Waals surface area contributed by atoms with Crippen LogP contribution in [0.15, 0.2) is 48.7 Å². The van der Waals surface area contributed by atoms with E-state index in [1.165, 1.54) is 18.5 Å². The van der Waals surface area contributed by atoms with Crippen molar-refractivity contribution in [1.82, 2.24) is 29.9 Å². The van der Waals surface area contributed by atoms with Crippen molar-refractivity contribution in [3.8, 4) is 11.3 Å². The van der Waals surface area contributed by atoms with E-state index in [-0.39, 0.29) is 5.41 Å². The van der Waals surface area contributed by atoms with Gasteiger partial charge in [0, 0.05) is 53.6 Å². The van der Waals surface area contributed by atoms with E-state index in [0.29, 0.717) is 0 Å². The van der Waals surface area contributed by atoms with Gasteiger partial charge in [-0.2, -0.15) is 10.2 Å². The molecule has 1 aromatic carbocycles. The lowest BCUT2D eigenvalue weighted by Gasteiger charge is -2.23. The van der Waals surface area contributed by atoms with Gasteiger partial charge in [-0.05, 0) is 50.6 Å². The number of para-hydroxylation sites is 1. The normalized spacial score (nSPS) is 21.4. The highest BCUT2D eigenvalue weighted by Crippen LogP contribution is 2.44. The van der Waals surface area contributed by atoms with Gasteiger partial charge >= 0.3 is 0 Å². The Kier molecular flexibility index (Phi) is 3.65. The largest absolute Gasteiger partial charge is 0.296 e. The number of pyridine rings is 1. The van der Waals surface area contributed by atoms with Crippen LogP contribution in [0.25, 0.3) is 22.2 Å². The molecule has 1 spiro atoms. The molecule has 0 amide bonds. The van der Waals surface area contributed by atoms with Gasteiger partial charge in [-0.1, -0.05) is 18.2 Å². The zero-order valence-electron chi connectivity index (χ0n) is 16.6. The highest BCUT2D eigenvalue weighted by atomic mass is 15.3. The molecular formula is C23H24N6. The van der Waals surface area contributed by atoms with E-state index in [0.717, 1.165) is 59.7 Å². The minimum Gasteiger partial charge on any atom is -0.296 e. The van der Waals surface area contributed by atoms with Gasteiger partial charge in [0.15, 0.2) is 0 Å². The van der Waals surface area contributed by atoms with Crippen LogP contribution >= 0.6 is 0 Å². The van der Waals surface area contributed by atoms with Crippen LogP contribution in [-0.2, 0) is 18.5 Å². The Morgan fingerprint density at radius 3 is 2.90 bits per heavy atom. The first-order chi connectivity index (χ1) is 14.2. The standard InChI is InChI=1S/C23H24N6/c1-16-10-19(26-25-16)14-28-8-6-23(15-28)7-9-29-22(23)12-21(27-29)18-11-17-4-2-3-5-20(17)24-13-18/h2-5,10-13H,6-9,14-15H2,1H3,(H,25,26). The number of hydrogen-bond donors (Lipinski definition) is 1. The maximum atomic E-state index is 4.94. The molecule has 0 aliphatic carbocycles.